The molecule has 3 aromatic rings. The number of aromatic nitrogens is 2. The van der Waals surface area contributed by atoms with E-state index in [-0.39, 0.29) is 5.91 Å². The van der Waals surface area contributed by atoms with Gasteiger partial charge in [0.2, 0.25) is 0 Å². The zero-order valence-corrected chi connectivity index (χ0v) is 15.0. The number of nitrogens with one attached hydrogen (secondary N) is 1. The van der Waals surface area contributed by atoms with Crippen LogP contribution in [0.15, 0.2) is 73.1 Å². The highest BCUT2D eigenvalue weighted by molar-refractivity contribution is 5.94. The third kappa shape index (κ3) is 5.04. The van der Waals surface area contributed by atoms with Gasteiger partial charge in [0.1, 0.15) is 0 Å². The molecule has 0 aliphatic heterocycles. The maximum atomic E-state index is 12.2. The van der Waals surface area contributed by atoms with Crippen LogP contribution < -0.4 is 5.32 Å². The Bertz CT molecular complexity index is 798. The molecule has 0 saturated heterocycles. The van der Waals surface area contributed by atoms with Gasteiger partial charge in [-0.3, -0.25) is 4.79 Å². The van der Waals surface area contributed by atoms with E-state index in [4.69, 9.17) is 0 Å². The highest BCUT2D eigenvalue weighted by Crippen LogP contribution is 2.08. The minimum Gasteiger partial charge on any atom is -0.352 e. The van der Waals surface area contributed by atoms with Gasteiger partial charge in [0.25, 0.3) is 5.91 Å². The summed E-state index contributed by atoms with van der Waals surface area (Å²) in [4.78, 5) is 14.5. The number of carbonyl (C=O) groups excluding carboxylic acids is 1. The lowest BCUT2D eigenvalue weighted by Crippen LogP contribution is -2.28. The van der Waals surface area contributed by atoms with Crippen LogP contribution in [0.1, 0.15) is 22.3 Å². The van der Waals surface area contributed by atoms with Gasteiger partial charge in [0.15, 0.2) is 0 Å². The first-order valence-electron chi connectivity index (χ1n) is 8.83. The molecule has 0 aliphatic rings. The maximum Gasteiger partial charge on any atom is 0.251 e. The Hall–Kier alpha value is -2.92. The second-order valence-corrected chi connectivity index (χ2v) is 6.33. The predicted octanol–water partition coefficient (Wildman–Crippen LogP) is 3.12. The average molecular weight is 348 g/mol. The number of benzene rings is 2. The summed E-state index contributed by atoms with van der Waals surface area (Å²) in [5, 5.41) is 7.16. The Kier molecular flexibility index (Phi) is 6.17. The van der Waals surface area contributed by atoms with Crippen molar-refractivity contribution >= 4 is 5.91 Å². The second kappa shape index (κ2) is 8.97. The molecular formula is C21H24N4O. The Morgan fingerprint density at radius 1 is 1.08 bits per heavy atom. The first kappa shape index (κ1) is 17.9. The molecule has 5 nitrogen and oxygen atoms in total. The highest BCUT2D eigenvalue weighted by atomic mass is 16.1. The fourth-order valence-corrected chi connectivity index (χ4v) is 2.81. The summed E-state index contributed by atoms with van der Waals surface area (Å²) in [6.07, 6.45) is 4.52. The van der Waals surface area contributed by atoms with Crippen molar-refractivity contribution in [2.45, 2.75) is 13.0 Å². The van der Waals surface area contributed by atoms with Crippen molar-refractivity contribution in [3.05, 3.63) is 84.2 Å². The van der Waals surface area contributed by atoms with Crippen LogP contribution in [0.3, 0.4) is 0 Å². The Balaban J connectivity index is 1.40. The molecule has 0 aliphatic carbocycles. The van der Waals surface area contributed by atoms with E-state index in [2.05, 4.69) is 46.6 Å². The molecule has 1 amide bonds. The van der Waals surface area contributed by atoms with Gasteiger partial charge in [-0.15, -0.1) is 0 Å². The van der Waals surface area contributed by atoms with E-state index in [1.165, 1.54) is 5.56 Å². The van der Waals surface area contributed by atoms with E-state index in [1.54, 1.807) is 10.9 Å². The summed E-state index contributed by atoms with van der Waals surface area (Å²) in [5.41, 5.74) is 2.91. The molecule has 0 radical (unpaired) electrons. The number of amides is 1. The van der Waals surface area contributed by atoms with Crippen LogP contribution in [-0.2, 0) is 6.54 Å². The second-order valence-electron chi connectivity index (χ2n) is 6.33. The molecule has 5 heteroatoms. The average Bonchev–Trinajstić information content (AvgIpc) is 3.21. The number of nitrogens with zero attached hydrogens (tertiary/aromatic N) is 3. The van der Waals surface area contributed by atoms with E-state index in [1.807, 2.05) is 42.6 Å². The van der Waals surface area contributed by atoms with Crippen LogP contribution in [-0.4, -0.2) is 40.7 Å². The molecule has 26 heavy (non-hydrogen) atoms. The lowest BCUT2D eigenvalue weighted by Gasteiger charge is -2.16. The third-order valence-corrected chi connectivity index (χ3v) is 4.20. The van der Waals surface area contributed by atoms with E-state index in [0.717, 1.165) is 25.2 Å². The molecule has 0 bridgehead atoms. The van der Waals surface area contributed by atoms with Gasteiger partial charge in [-0.1, -0.05) is 30.3 Å². The quantitative estimate of drug-likeness (QED) is 0.636. The van der Waals surface area contributed by atoms with Gasteiger partial charge < -0.3 is 10.2 Å². The fourth-order valence-electron chi connectivity index (χ4n) is 2.81. The summed E-state index contributed by atoms with van der Waals surface area (Å²) in [7, 11) is 2.10. The van der Waals surface area contributed by atoms with Crippen LogP contribution in [0.4, 0.5) is 0 Å². The fraction of sp³-hybridized carbons (Fsp3) is 0.238. The molecule has 0 unspecified atom stereocenters. The first-order chi connectivity index (χ1) is 12.7. The zero-order chi connectivity index (χ0) is 18.2. The molecular weight excluding hydrogens is 324 g/mol. The SMILES string of the molecule is CN(CCCNC(=O)c1ccc(-n2cccn2)cc1)Cc1ccccc1. The molecule has 0 saturated carbocycles. The lowest BCUT2D eigenvalue weighted by molar-refractivity contribution is 0.0952. The summed E-state index contributed by atoms with van der Waals surface area (Å²) < 4.78 is 1.77. The molecule has 3 rings (SSSR count). The van der Waals surface area contributed by atoms with E-state index >= 15 is 0 Å². The molecule has 1 aromatic heterocycles. The maximum absolute atomic E-state index is 12.2. The highest BCUT2D eigenvalue weighted by Gasteiger charge is 2.06. The van der Waals surface area contributed by atoms with Crippen molar-refractivity contribution in [3.63, 3.8) is 0 Å². The normalized spacial score (nSPS) is 10.8. The van der Waals surface area contributed by atoms with Crippen molar-refractivity contribution in [2.75, 3.05) is 20.1 Å². The van der Waals surface area contributed by atoms with Crippen molar-refractivity contribution in [3.8, 4) is 5.69 Å². The van der Waals surface area contributed by atoms with Crippen molar-refractivity contribution in [1.29, 1.82) is 0 Å². The van der Waals surface area contributed by atoms with Crippen molar-refractivity contribution in [1.82, 2.24) is 20.0 Å². The summed E-state index contributed by atoms with van der Waals surface area (Å²) in [6.45, 7) is 2.52. The monoisotopic (exact) mass is 348 g/mol. The summed E-state index contributed by atoms with van der Waals surface area (Å²) in [5.74, 6) is -0.0391. The van der Waals surface area contributed by atoms with Gasteiger partial charge in [-0.2, -0.15) is 5.10 Å². The van der Waals surface area contributed by atoms with Crippen LogP contribution in [0, 0.1) is 0 Å². The smallest absolute Gasteiger partial charge is 0.251 e. The number of carbonyl (C=O) groups is 1. The Morgan fingerprint density at radius 3 is 2.54 bits per heavy atom. The Morgan fingerprint density at radius 2 is 1.85 bits per heavy atom. The van der Waals surface area contributed by atoms with E-state index in [0.29, 0.717) is 12.1 Å². The molecule has 0 spiro atoms. The van der Waals surface area contributed by atoms with E-state index < -0.39 is 0 Å². The molecule has 0 atom stereocenters. The largest absolute Gasteiger partial charge is 0.352 e. The Labute approximate surface area is 154 Å². The number of hydrogen-bond acceptors (Lipinski definition) is 3. The summed E-state index contributed by atoms with van der Waals surface area (Å²) >= 11 is 0. The van der Waals surface area contributed by atoms with Crippen LogP contribution >= 0.6 is 0 Å². The van der Waals surface area contributed by atoms with Crippen LogP contribution in [0.2, 0.25) is 0 Å². The van der Waals surface area contributed by atoms with Gasteiger partial charge >= 0.3 is 0 Å². The van der Waals surface area contributed by atoms with Gasteiger partial charge in [-0.25, -0.2) is 4.68 Å². The number of hydrogen-bond donors (Lipinski definition) is 1. The minimum atomic E-state index is -0.0391. The molecule has 2 aromatic carbocycles. The van der Waals surface area contributed by atoms with Gasteiger partial charge in [0, 0.05) is 31.0 Å². The minimum absolute atomic E-state index is 0.0391. The molecule has 0 fully saturated rings. The number of rotatable bonds is 8. The predicted molar refractivity (Wildman–Crippen MR) is 103 cm³/mol. The topological polar surface area (TPSA) is 50.2 Å². The standard InChI is InChI=1S/C21H24N4O/c1-24(17-18-7-3-2-4-8-18)15-5-13-22-21(26)19-9-11-20(12-10-19)25-16-6-14-23-25/h2-4,6-12,14,16H,5,13,15,17H2,1H3,(H,22,26). The third-order valence-electron chi connectivity index (χ3n) is 4.20. The zero-order valence-electron chi connectivity index (χ0n) is 15.0. The van der Waals surface area contributed by atoms with Gasteiger partial charge in [-0.05, 0) is 55.9 Å². The van der Waals surface area contributed by atoms with E-state index in [9.17, 15) is 4.79 Å². The molecule has 1 heterocycles. The molecule has 134 valence electrons. The van der Waals surface area contributed by atoms with Crippen LogP contribution in [0.5, 0.6) is 0 Å². The van der Waals surface area contributed by atoms with Crippen molar-refractivity contribution in [2.24, 2.45) is 0 Å². The van der Waals surface area contributed by atoms with Gasteiger partial charge in [0.05, 0.1) is 5.69 Å². The first-order valence-corrected chi connectivity index (χ1v) is 8.83. The lowest BCUT2D eigenvalue weighted by atomic mass is 10.2. The summed E-state index contributed by atoms with van der Waals surface area (Å²) in [6, 6.07) is 19.7. The molecule has 1 N–H and O–H groups in total. The van der Waals surface area contributed by atoms with Crippen molar-refractivity contribution < 1.29 is 4.79 Å². The van der Waals surface area contributed by atoms with Crippen LogP contribution in [0.25, 0.3) is 5.69 Å².